The van der Waals surface area contributed by atoms with E-state index in [-0.39, 0.29) is 36.1 Å². The number of aryl methyl sites for hydroxylation is 1. The number of hydrogen-bond donors (Lipinski definition) is 2. The van der Waals surface area contributed by atoms with Crippen LogP contribution in [0.3, 0.4) is 0 Å². The van der Waals surface area contributed by atoms with Gasteiger partial charge in [0.25, 0.3) is 5.88 Å². The number of ether oxygens (including phenoxy) is 1. The number of aromatic nitrogens is 2. The number of rotatable bonds is 6. The van der Waals surface area contributed by atoms with Crippen molar-refractivity contribution in [3.8, 4) is 5.88 Å². The SMILES string of the molecule is Cc1cc(C/C(=N\O)c2nonc2OCCN)ccc1F. The van der Waals surface area contributed by atoms with Gasteiger partial charge in [-0.2, -0.15) is 0 Å². The molecule has 1 heterocycles. The smallest absolute Gasteiger partial charge is 0.285 e. The highest BCUT2D eigenvalue weighted by Crippen LogP contribution is 2.17. The lowest BCUT2D eigenvalue weighted by Gasteiger charge is -2.05. The second-order valence-corrected chi connectivity index (χ2v) is 4.36. The molecule has 0 saturated carbocycles. The maximum absolute atomic E-state index is 13.2. The van der Waals surface area contributed by atoms with Crippen LogP contribution in [0.4, 0.5) is 4.39 Å². The van der Waals surface area contributed by atoms with E-state index in [0.717, 1.165) is 5.56 Å². The number of oxime groups is 1. The van der Waals surface area contributed by atoms with Gasteiger partial charge in [0.2, 0.25) is 0 Å². The summed E-state index contributed by atoms with van der Waals surface area (Å²) in [6.07, 6.45) is 0.227. The van der Waals surface area contributed by atoms with Crippen LogP contribution in [-0.4, -0.2) is 34.4 Å². The molecule has 8 heteroatoms. The molecule has 0 aliphatic carbocycles. The Morgan fingerprint density at radius 2 is 2.29 bits per heavy atom. The first-order valence-corrected chi connectivity index (χ1v) is 6.27. The molecule has 1 aromatic heterocycles. The fraction of sp³-hybridized carbons (Fsp3) is 0.308. The van der Waals surface area contributed by atoms with Gasteiger partial charge >= 0.3 is 0 Å². The van der Waals surface area contributed by atoms with Crippen LogP contribution in [-0.2, 0) is 6.42 Å². The number of nitrogens with zero attached hydrogens (tertiary/aromatic N) is 3. The second kappa shape index (κ2) is 6.80. The van der Waals surface area contributed by atoms with E-state index in [1.807, 2.05) is 0 Å². The average Bonchev–Trinajstić information content (AvgIpc) is 2.94. The van der Waals surface area contributed by atoms with Crippen LogP contribution in [0.5, 0.6) is 5.88 Å². The quantitative estimate of drug-likeness (QED) is 0.472. The van der Waals surface area contributed by atoms with Crippen molar-refractivity contribution in [2.24, 2.45) is 10.9 Å². The van der Waals surface area contributed by atoms with Gasteiger partial charge in [0.1, 0.15) is 18.1 Å². The second-order valence-electron chi connectivity index (χ2n) is 4.36. The zero-order valence-corrected chi connectivity index (χ0v) is 11.4. The number of halogens is 1. The van der Waals surface area contributed by atoms with Gasteiger partial charge in [0.15, 0.2) is 5.69 Å². The van der Waals surface area contributed by atoms with Gasteiger partial charge in [-0.25, -0.2) is 9.02 Å². The molecule has 21 heavy (non-hydrogen) atoms. The molecule has 0 saturated heterocycles. The minimum atomic E-state index is -0.295. The van der Waals surface area contributed by atoms with Crippen molar-refractivity contribution in [2.45, 2.75) is 13.3 Å². The fourth-order valence-corrected chi connectivity index (χ4v) is 1.78. The Labute approximate surface area is 120 Å². The maximum Gasteiger partial charge on any atom is 0.285 e. The summed E-state index contributed by atoms with van der Waals surface area (Å²) in [5, 5.41) is 19.6. The number of hydrogen-bond acceptors (Lipinski definition) is 7. The van der Waals surface area contributed by atoms with Crippen molar-refractivity contribution in [3.05, 3.63) is 40.8 Å². The van der Waals surface area contributed by atoms with Gasteiger partial charge in [-0.1, -0.05) is 17.3 Å². The summed E-state index contributed by atoms with van der Waals surface area (Å²) in [6, 6.07) is 4.61. The van der Waals surface area contributed by atoms with Crippen LogP contribution >= 0.6 is 0 Å². The van der Waals surface area contributed by atoms with E-state index in [4.69, 9.17) is 15.7 Å². The van der Waals surface area contributed by atoms with Gasteiger partial charge in [-0.3, -0.25) is 0 Å². The van der Waals surface area contributed by atoms with Crippen LogP contribution in [0.2, 0.25) is 0 Å². The molecule has 0 spiro atoms. The van der Waals surface area contributed by atoms with Gasteiger partial charge in [0.05, 0.1) is 0 Å². The Kier molecular flexibility index (Phi) is 4.83. The molecule has 2 aromatic rings. The van der Waals surface area contributed by atoms with Crippen molar-refractivity contribution >= 4 is 5.71 Å². The van der Waals surface area contributed by atoms with Crippen LogP contribution in [0, 0.1) is 12.7 Å². The number of benzene rings is 1. The summed E-state index contributed by atoms with van der Waals surface area (Å²) in [6.45, 7) is 2.19. The van der Waals surface area contributed by atoms with E-state index < -0.39 is 0 Å². The molecule has 0 amide bonds. The normalized spacial score (nSPS) is 11.7. The maximum atomic E-state index is 13.2. The molecule has 0 aliphatic heterocycles. The third-order valence-electron chi connectivity index (χ3n) is 2.80. The molecule has 112 valence electrons. The molecule has 0 radical (unpaired) electrons. The summed E-state index contributed by atoms with van der Waals surface area (Å²) < 4.78 is 23.1. The van der Waals surface area contributed by atoms with E-state index in [1.165, 1.54) is 6.07 Å². The zero-order chi connectivity index (χ0) is 15.2. The highest BCUT2D eigenvalue weighted by Gasteiger charge is 2.19. The van der Waals surface area contributed by atoms with Crippen molar-refractivity contribution in [3.63, 3.8) is 0 Å². The zero-order valence-electron chi connectivity index (χ0n) is 11.4. The highest BCUT2D eigenvalue weighted by molar-refractivity contribution is 6.01. The van der Waals surface area contributed by atoms with Gasteiger partial charge in [0, 0.05) is 13.0 Å². The summed E-state index contributed by atoms with van der Waals surface area (Å²) >= 11 is 0. The number of nitrogens with two attached hydrogens (primary N) is 1. The topological polar surface area (TPSA) is 107 Å². The van der Waals surface area contributed by atoms with Gasteiger partial charge in [-0.05, 0) is 34.4 Å². The highest BCUT2D eigenvalue weighted by atomic mass is 19.1. The molecule has 0 fully saturated rings. The van der Waals surface area contributed by atoms with Crippen molar-refractivity contribution in [2.75, 3.05) is 13.2 Å². The van der Waals surface area contributed by atoms with E-state index in [0.29, 0.717) is 12.1 Å². The Hall–Kier alpha value is -2.48. The Bertz CT molecular complexity index is 642. The molecule has 0 atom stereocenters. The van der Waals surface area contributed by atoms with Gasteiger partial charge < -0.3 is 15.7 Å². The fourth-order valence-electron chi connectivity index (χ4n) is 1.78. The lowest BCUT2D eigenvalue weighted by Crippen LogP contribution is -2.14. The molecular formula is C13H15FN4O3. The predicted octanol–water partition coefficient (Wildman–Crippen LogP) is 1.28. The summed E-state index contributed by atoms with van der Waals surface area (Å²) in [5.41, 5.74) is 6.99. The Morgan fingerprint density at radius 1 is 1.48 bits per heavy atom. The standard InChI is InChI=1S/C13H15FN4O3/c1-8-6-9(2-3-10(8)14)7-11(16-19)12-13(18-21-17-12)20-5-4-15/h2-3,6,19H,4-5,7,15H2,1H3/b16-11+. The van der Waals surface area contributed by atoms with Crippen LogP contribution < -0.4 is 10.5 Å². The molecule has 0 aliphatic rings. The minimum Gasteiger partial charge on any atom is -0.473 e. The molecule has 0 bridgehead atoms. The van der Waals surface area contributed by atoms with E-state index in [9.17, 15) is 4.39 Å². The first-order chi connectivity index (χ1) is 10.2. The van der Waals surface area contributed by atoms with E-state index >= 15 is 0 Å². The molecule has 7 nitrogen and oxygen atoms in total. The first kappa shape index (κ1) is 14.9. The third kappa shape index (κ3) is 3.54. The van der Waals surface area contributed by atoms with Gasteiger partial charge in [-0.15, -0.1) is 0 Å². The van der Waals surface area contributed by atoms with Crippen LogP contribution in [0.25, 0.3) is 0 Å². The third-order valence-corrected chi connectivity index (χ3v) is 2.80. The summed E-state index contributed by atoms with van der Waals surface area (Å²) in [4.78, 5) is 0. The monoisotopic (exact) mass is 294 g/mol. The summed E-state index contributed by atoms with van der Waals surface area (Å²) in [5.74, 6) is -0.191. The lowest BCUT2D eigenvalue weighted by molar-refractivity contribution is 0.260. The van der Waals surface area contributed by atoms with Crippen LogP contribution in [0.15, 0.2) is 28.0 Å². The molecule has 0 unspecified atom stereocenters. The van der Waals surface area contributed by atoms with E-state index in [2.05, 4.69) is 20.1 Å². The van der Waals surface area contributed by atoms with Crippen LogP contribution in [0.1, 0.15) is 16.8 Å². The van der Waals surface area contributed by atoms with Crippen molar-refractivity contribution < 1.29 is 19.0 Å². The Morgan fingerprint density at radius 3 is 2.95 bits per heavy atom. The minimum absolute atomic E-state index is 0.104. The van der Waals surface area contributed by atoms with Crippen molar-refractivity contribution in [1.29, 1.82) is 0 Å². The Balaban J connectivity index is 2.20. The summed E-state index contributed by atoms with van der Waals surface area (Å²) in [7, 11) is 0. The van der Waals surface area contributed by atoms with Crippen molar-refractivity contribution in [1.82, 2.24) is 10.3 Å². The molecule has 1 aromatic carbocycles. The first-order valence-electron chi connectivity index (χ1n) is 6.27. The molecule has 2 rings (SSSR count). The average molecular weight is 294 g/mol. The lowest BCUT2D eigenvalue weighted by atomic mass is 10.0. The predicted molar refractivity (Wildman–Crippen MR) is 72.0 cm³/mol. The molecule has 3 N–H and O–H groups in total. The molecular weight excluding hydrogens is 279 g/mol. The van der Waals surface area contributed by atoms with E-state index in [1.54, 1.807) is 19.1 Å². The largest absolute Gasteiger partial charge is 0.473 e.